The van der Waals surface area contributed by atoms with Gasteiger partial charge in [-0.1, -0.05) is 48.0 Å². The Labute approximate surface area is 133 Å². The van der Waals surface area contributed by atoms with E-state index in [1.807, 2.05) is 12.1 Å². The molecule has 0 aromatic heterocycles. The largest absolute Gasteiger partial charge is 0.351 e. The fourth-order valence-corrected chi connectivity index (χ4v) is 3.96. The maximum Gasteiger partial charge on any atom is 0.120 e. The third kappa shape index (κ3) is 1.59. The second-order valence-electron chi connectivity index (χ2n) is 5.90. The highest BCUT2D eigenvalue weighted by molar-refractivity contribution is 6.30. The second kappa shape index (κ2) is 4.48. The zero-order chi connectivity index (χ0) is 14.7. The topological polar surface area (TPSA) is 12.5 Å². The first-order valence-electron chi connectivity index (χ1n) is 7.48. The summed E-state index contributed by atoms with van der Waals surface area (Å²) in [5.41, 5.74) is 3.84. The van der Waals surface area contributed by atoms with Crippen molar-refractivity contribution < 1.29 is 4.74 Å². The number of halogens is 1. The lowest BCUT2D eigenvalue weighted by atomic mass is 10.0. The van der Waals surface area contributed by atoms with Crippen LogP contribution in [0.5, 0.6) is 0 Å². The van der Waals surface area contributed by atoms with Crippen LogP contribution in [0.3, 0.4) is 0 Å². The number of nitrogens with zero attached hydrogens (tertiary/aromatic N) is 1. The summed E-state index contributed by atoms with van der Waals surface area (Å²) in [7, 11) is 0. The minimum atomic E-state index is 0.122. The highest BCUT2D eigenvalue weighted by Crippen LogP contribution is 2.53. The standard InChI is InChI=1S/C19H14ClNO/c20-13-7-9-14(10-8-13)21-11-22-19-16-6-2-4-12-3-1-5-15(17(12)16)18(19)21/h1-10,18-19H,11H2/t18-,19+/m1/s1. The molecule has 22 heavy (non-hydrogen) atoms. The minimum Gasteiger partial charge on any atom is -0.351 e. The fourth-order valence-electron chi connectivity index (χ4n) is 3.84. The van der Waals surface area contributed by atoms with Gasteiger partial charge in [-0.15, -0.1) is 0 Å². The van der Waals surface area contributed by atoms with Crippen LogP contribution >= 0.6 is 11.6 Å². The summed E-state index contributed by atoms with van der Waals surface area (Å²) in [6.45, 7) is 0.613. The van der Waals surface area contributed by atoms with Crippen LogP contribution in [0.4, 0.5) is 5.69 Å². The number of anilines is 1. The normalized spacial score (nSPS) is 22.3. The van der Waals surface area contributed by atoms with Crippen LogP contribution in [0.15, 0.2) is 60.7 Å². The zero-order valence-corrected chi connectivity index (χ0v) is 12.6. The van der Waals surface area contributed by atoms with Gasteiger partial charge in [0.2, 0.25) is 0 Å². The summed E-state index contributed by atoms with van der Waals surface area (Å²) in [5.74, 6) is 0. The van der Waals surface area contributed by atoms with Crippen LogP contribution < -0.4 is 4.90 Å². The summed E-state index contributed by atoms with van der Waals surface area (Å²) < 4.78 is 6.14. The smallest absolute Gasteiger partial charge is 0.120 e. The molecule has 0 bridgehead atoms. The van der Waals surface area contributed by atoms with Crippen LogP contribution in [0.25, 0.3) is 10.8 Å². The maximum atomic E-state index is 6.14. The molecule has 0 radical (unpaired) electrons. The molecule has 3 aromatic carbocycles. The number of rotatable bonds is 1. The summed E-state index contributed by atoms with van der Waals surface area (Å²) >= 11 is 6.02. The highest BCUT2D eigenvalue weighted by Gasteiger charge is 2.43. The van der Waals surface area contributed by atoms with Crippen LogP contribution in [-0.4, -0.2) is 6.73 Å². The van der Waals surface area contributed by atoms with Gasteiger partial charge >= 0.3 is 0 Å². The van der Waals surface area contributed by atoms with E-state index in [9.17, 15) is 0 Å². The molecule has 1 aliphatic heterocycles. The lowest BCUT2D eigenvalue weighted by Crippen LogP contribution is -2.22. The molecular weight excluding hydrogens is 294 g/mol. The lowest BCUT2D eigenvalue weighted by Gasteiger charge is -2.25. The van der Waals surface area contributed by atoms with Gasteiger partial charge in [0, 0.05) is 10.7 Å². The summed E-state index contributed by atoms with van der Waals surface area (Å²) in [6, 6.07) is 21.3. The lowest BCUT2D eigenvalue weighted by molar-refractivity contribution is 0.109. The molecule has 5 rings (SSSR count). The van der Waals surface area contributed by atoms with Gasteiger partial charge in [-0.05, 0) is 46.2 Å². The van der Waals surface area contributed by atoms with Crippen molar-refractivity contribution in [3.8, 4) is 0 Å². The predicted molar refractivity (Wildman–Crippen MR) is 89.3 cm³/mol. The van der Waals surface area contributed by atoms with Gasteiger partial charge < -0.3 is 9.64 Å². The summed E-state index contributed by atoms with van der Waals surface area (Å²) in [6.07, 6.45) is 0.122. The van der Waals surface area contributed by atoms with Crippen LogP contribution in [0.2, 0.25) is 5.02 Å². The molecule has 3 aromatic rings. The average molecular weight is 308 g/mol. The Morgan fingerprint density at radius 2 is 1.64 bits per heavy atom. The monoisotopic (exact) mass is 307 g/mol. The van der Waals surface area contributed by atoms with Crippen molar-refractivity contribution in [3.63, 3.8) is 0 Å². The Kier molecular flexibility index (Phi) is 2.55. The van der Waals surface area contributed by atoms with Gasteiger partial charge in [0.05, 0.1) is 6.04 Å². The van der Waals surface area contributed by atoms with Crippen molar-refractivity contribution in [1.82, 2.24) is 0 Å². The molecule has 0 saturated carbocycles. The number of fused-ring (bicyclic) bond motifs is 3. The molecule has 0 N–H and O–H groups in total. The van der Waals surface area contributed by atoms with Crippen molar-refractivity contribution in [2.45, 2.75) is 12.1 Å². The Bertz CT molecular complexity index is 869. The molecule has 2 aliphatic rings. The molecule has 1 aliphatic carbocycles. The van der Waals surface area contributed by atoms with E-state index in [4.69, 9.17) is 16.3 Å². The first-order valence-corrected chi connectivity index (χ1v) is 7.86. The molecule has 1 fully saturated rings. The van der Waals surface area contributed by atoms with Gasteiger partial charge in [0.1, 0.15) is 12.8 Å². The van der Waals surface area contributed by atoms with E-state index < -0.39 is 0 Å². The molecule has 2 nitrogen and oxygen atoms in total. The quantitative estimate of drug-likeness (QED) is 0.621. The molecule has 0 amide bonds. The molecule has 1 heterocycles. The summed E-state index contributed by atoms with van der Waals surface area (Å²) in [5, 5.41) is 3.42. The molecule has 0 unspecified atom stereocenters. The fraction of sp³-hybridized carbons (Fsp3) is 0.158. The molecule has 0 spiro atoms. The predicted octanol–water partition coefficient (Wildman–Crippen LogP) is 5.08. The second-order valence-corrected chi connectivity index (χ2v) is 6.34. The van der Waals surface area contributed by atoms with E-state index in [0.29, 0.717) is 6.73 Å². The average Bonchev–Trinajstić information content (AvgIpc) is 3.11. The van der Waals surface area contributed by atoms with E-state index in [1.54, 1.807) is 0 Å². The first-order chi connectivity index (χ1) is 10.8. The third-order valence-corrected chi connectivity index (χ3v) is 5.02. The van der Waals surface area contributed by atoms with Gasteiger partial charge in [-0.3, -0.25) is 0 Å². The minimum absolute atomic E-state index is 0.122. The Morgan fingerprint density at radius 1 is 0.909 bits per heavy atom. The van der Waals surface area contributed by atoms with Crippen LogP contribution in [-0.2, 0) is 4.74 Å². The van der Waals surface area contributed by atoms with Gasteiger partial charge in [0.25, 0.3) is 0 Å². The molecule has 108 valence electrons. The third-order valence-electron chi connectivity index (χ3n) is 4.77. The zero-order valence-electron chi connectivity index (χ0n) is 11.9. The van der Waals surface area contributed by atoms with E-state index in [0.717, 1.165) is 10.7 Å². The van der Waals surface area contributed by atoms with E-state index in [2.05, 4.69) is 53.4 Å². The first kappa shape index (κ1) is 12.5. The van der Waals surface area contributed by atoms with Gasteiger partial charge in [0.15, 0.2) is 0 Å². The number of hydrogen-bond acceptors (Lipinski definition) is 2. The molecule has 1 saturated heterocycles. The maximum absolute atomic E-state index is 6.14. The molecule has 2 atom stereocenters. The number of benzene rings is 3. The van der Waals surface area contributed by atoms with Gasteiger partial charge in [-0.25, -0.2) is 0 Å². The highest BCUT2D eigenvalue weighted by atomic mass is 35.5. The SMILES string of the molecule is Clc1ccc(N2CO[C@H]3c4cccc5cccc(c45)[C@H]32)cc1. The van der Waals surface area contributed by atoms with Crippen molar-refractivity contribution in [2.24, 2.45) is 0 Å². The number of ether oxygens (including phenoxy) is 1. The van der Waals surface area contributed by atoms with E-state index >= 15 is 0 Å². The summed E-state index contributed by atoms with van der Waals surface area (Å²) in [4.78, 5) is 2.33. The Hall–Kier alpha value is -2.03. The molecule has 3 heteroatoms. The van der Waals surface area contributed by atoms with Crippen LogP contribution in [0.1, 0.15) is 23.3 Å². The van der Waals surface area contributed by atoms with Crippen LogP contribution in [0, 0.1) is 0 Å². The number of hydrogen-bond donors (Lipinski definition) is 0. The Morgan fingerprint density at radius 3 is 2.41 bits per heavy atom. The Balaban J connectivity index is 1.68. The van der Waals surface area contributed by atoms with E-state index in [1.165, 1.54) is 21.9 Å². The molecular formula is C19H14ClNO. The van der Waals surface area contributed by atoms with Crippen molar-refractivity contribution >= 4 is 28.1 Å². The van der Waals surface area contributed by atoms with E-state index in [-0.39, 0.29) is 12.1 Å². The van der Waals surface area contributed by atoms with Crippen molar-refractivity contribution in [3.05, 3.63) is 76.8 Å². The van der Waals surface area contributed by atoms with Gasteiger partial charge in [-0.2, -0.15) is 0 Å². The van der Waals surface area contributed by atoms with Crippen molar-refractivity contribution in [2.75, 3.05) is 11.6 Å². The van der Waals surface area contributed by atoms with Crippen molar-refractivity contribution in [1.29, 1.82) is 0 Å².